The zero-order chi connectivity index (χ0) is 17.0. The molecule has 1 aromatic carbocycles. The zero-order valence-corrected chi connectivity index (χ0v) is 14.1. The van der Waals surface area contributed by atoms with Gasteiger partial charge in [-0.3, -0.25) is 14.9 Å². The van der Waals surface area contributed by atoms with Crippen LogP contribution in [0.3, 0.4) is 0 Å². The van der Waals surface area contributed by atoms with Gasteiger partial charge in [-0.1, -0.05) is 13.8 Å². The van der Waals surface area contributed by atoms with Crippen LogP contribution < -0.4 is 10.6 Å². The summed E-state index contributed by atoms with van der Waals surface area (Å²) in [6.45, 7) is 6.64. The molecule has 5 heteroatoms. The molecule has 0 aliphatic carbocycles. The zero-order valence-electron chi connectivity index (χ0n) is 14.1. The molecule has 3 N–H and O–H groups in total. The Balaban J connectivity index is 2.08. The Morgan fingerprint density at radius 1 is 1.30 bits per heavy atom. The van der Waals surface area contributed by atoms with Gasteiger partial charge in [-0.2, -0.15) is 0 Å². The maximum atomic E-state index is 12.6. The fraction of sp³-hybridized carbons (Fsp3) is 0.556. The van der Waals surface area contributed by atoms with E-state index in [2.05, 4.69) is 10.6 Å². The number of carboxylic acid groups (broad SMARTS) is 1. The number of ketones is 1. The predicted molar refractivity (Wildman–Crippen MR) is 91.1 cm³/mol. The van der Waals surface area contributed by atoms with E-state index in [0.29, 0.717) is 12.0 Å². The van der Waals surface area contributed by atoms with Gasteiger partial charge in [0.15, 0.2) is 5.78 Å². The second-order valence-corrected chi connectivity index (χ2v) is 6.68. The van der Waals surface area contributed by atoms with E-state index in [9.17, 15) is 14.7 Å². The molecule has 0 saturated carbocycles. The number of aliphatic carboxylic acids is 1. The molecule has 0 amide bonds. The lowest BCUT2D eigenvalue weighted by atomic mass is 9.96. The molecule has 0 bridgehead atoms. The molecule has 23 heavy (non-hydrogen) atoms. The highest BCUT2D eigenvalue weighted by Gasteiger charge is 2.25. The second-order valence-electron chi connectivity index (χ2n) is 6.68. The highest BCUT2D eigenvalue weighted by molar-refractivity contribution is 6.00. The lowest BCUT2D eigenvalue weighted by Crippen LogP contribution is -2.46. The number of fused-ring (bicyclic) bond motifs is 1. The first-order chi connectivity index (χ1) is 10.9. The summed E-state index contributed by atoms with van der Waals surface area (Å²) in [4.78, 5) is 23.9. The Morgan fingerprint density at radius 3 is 2.70 bits per heavy atom. The van der Waals surface area contributed by atoms with Crippen molar-refractivity contribution in [2.45, 2.75) is 52.1 Å². The molecule has 1 aliphatic rings. The van der Waals surface area contributed by atoms with Crippen molar-refractivity contribution >= 4 is 17.4 Å². The van der Waals surface area contributed by atoms with Crippen LogP contribution in [-0.2, 0) is 11.2 Å². The monoisotopic (exact) mass is 318 g/mol. The van der Waals surface area contributed by atoms with Crippen LogP contribution >= 0.6 is 0 Å². The minimum atomic E-state index is -0.909. The molecular weight excluding hydrogens is 292 g/mol. The summed E-state index contributed by atoms with van der Waals surface area (Å²) >= 11 is 0. The Morgan fingerprint density at radius 2 is 2.04 bits per heavy atom. The van der Waals surface area contributed by atoms with Crippen molar-refractivity contribution < 1.29 is 14.7 Å². The summed E-state index contributed by atoms with van der Waals surface area (Å²) in [5, 5.41) is 15.6. The molecule has 0 aromatic heterocycles. The number of Topliss-reactive ketones (excluding diaryl/α,β-unsaturated/α-hetero) is 1. The third kappa shape index (κ3) is 4.55. The van der Waals surface area contributed by atoms with E-state index in [-0.39, 0.29) is 11.7 Å². The van der Waals surface area contributed by atoms with E-state index in [4.69, 9.17) is 0 Å². The van der Waals surface area contributed by atoms with Crippen molar-refractivity contribution in [3.05, 3.63) is 29.3 Å². The first-order valence-corrected chi connectivity index (χ1v) is 8.28. The second kappa shape index (κ2) is 7.59. The smallest absolute Gasteiger partial charge is 0.320 e. The Labute approximate surface area is 137 Å². The third-order valence-electron chi connectivity index (χ3n) is 4.18. The summed E-state index contributed by atoms with van der Waals surface area (Å²) in [6, 6.07) is 4.46. The van der Waals surface area contributed by atoms with Crippen LogP contribution in [0.5, 0.6) is 0 Å². The van der Waals surface area contributed by atoms with E-state index in [1.165, 1.54) is 0 Å². The number of carbonyl (C=O) groups is 2. The summed E-state index contributed by atoms with van der Waals surface area (Å²) in [5.74, 6) is -0.720. The average molecular weight is 318 g/mol. The molecule has 1 aromatic rings. The van der Waals surface area contributed by atoms with Crippen LogP contribution in [0.25, 0.3) is 0 Å². The maximum Gasteiger partial charge on any atom is 0.320 e. The molecular formula is C18H26N2O3. The molecule has 5 nitrogen and oxygen atoms in total. The quantitative estimate of drug-likeness (QED) is 0.674. The number of carboxylic acids is 1. The Bertz CT molecular complexity index is 584. The summed E-state index contributed by atoms with van der Waals surface area (Å²) in [6.07, 6.45) is 2.53. The number of carbonyl (C=O) groups excluding carboxylic acids is 1. The van der Waals surface area contributed by atoms with Crippen LogP contribution in [0.1, 0.15) is 49.5 Å². The first-order valence-electron chi connectivity index (χ1n) is 8.28. The fourth-order valence-electron chi connectivity index (χ4n) is 2.97. The molecule has 1 heterocycles. The van der Waals surface area contributed by atoms with Crippen LogP contribution in [0, 0.1) is 5.92 Å². The fourth-order valence-corrected chi connectivity index (χ4v) is 2.97. The van der Waals surface area contributed by atoms with Gasteiger partial charge in [-0.25, -0.2) is 0 Å². The summed E-state index contributed by atoms with van der Waals surface area (Å²) in [5.41, 5.74) is 2.89. The number of aryl methyl sites for hydroxylation is 1. The lowest BCUT2D eigenvalue weighted by molar-refractivity contribution is -0.140. The largest absolute Gasteiger partial charge is 0.480 e. The molecule has 0 saturated heterocycles. The normalized spacial score (nSPS) is 16.3. The molecule has 2 rings (SSSR count). The Kier molecular flexibility index (Phi) is 5.77. The predicted octanol–water partition coefficient (Wildman–Crippen LogP) is 2.70. The lowest BCUT2D eigenvalue weighted by Gasteiger charge is -2.22. The molecule has 0 radical (unpaired) electrons. The van der Waals surface area contributed by atoms with Crippen molar-refractivity contribution in [1.82, 2.24) is 5.32 Å². The van der Waals surface area contributed by atoms with Crippen LogP contribution in [0.2, 0.25) is 0 Å². The van der Waals surface area contributed by atoms with Gasteiger partial charge in [-0.15, -0.1) is 0 Å². The number of benzene rings is 1. The SMILES string of the molecule is CC(C)CC(NC(C)C(=O)c1ccc2c(c1)CCCN2)C(=O)O. The van der Waals surface area contributed by atoms with Crippen LogP contribution in [0.4, 0.5) is 5.69 Å². The van der Waals surface area contributed by atoms with E-state index in [0.717, 1.165) is 30.6 Å². The van der Waals surface area contributed by atoms with Crippen molar-refractivity contribution in [2.24, 2.45) is 5.92 Å². The summed E-state index contributed by atoms with van der Waals surface area (Å²) < 4.78 is 0. The van der Waals surface area contributed by atoms with Crippen molar-refractivity contribution in [3.8, 4) is 0 Å². The number of nitrogens with one attached hydrogen (secondary N) is 2. The topological polar surface area (TPSA) is 78.4 Å². The Hall–Kier alpha value is -1.88. The van der Waals surface area contributed by atoms with Gasteiger partial charge in [0, 0.05) is 17.8 Å². The molecule has 0 fully saturated rings. The minimum absolute atomic E-state index is 0.0617. The maximum absolute atomic E-state index is 12.6. The average Bonchev–Trinajstić information content (AvgIpc) is 2.52. The molecule has 1 aliphatic heterocycles. The third-order valence-corrected chi connectivity index (χ3v) is 4.18. The number of anilines is 1. The molecule has 2 atom stereocenters. The van der Waals surface area contributed by atoms with E-state index in [1.807, 2.05) is 32.0 Å². The van der Waals surface area contributed by atoms with E-state index < -0.39 is 18.1 Å². The standard InChI is InChI=1S/C18H26N2O3/c1-11(2)9-16(18(22)23)20-12(3)17(21)14-6-7-15-13(10-14)5-4-8-19-15/h6-7,10-12,16,19-20H,4-5,8-9H2,1-3H3,(H,22,23). The van der Waals surface area contributed by atoms with Gasteiger partial charge in [0.25, 0.3) is 0 Å². The highest BCUT2D eigenvalue weighted by atomic mass is 16.4. The van der Waals surface area contributed by atoms with E-state index >= 15 is 0 Å². The van der Waals surface area contributed by atoms with Gasteiger partial charge >= 0.3 is 5.97 Å². The van der Waals surface area contributed by atoms with Gasteiger partial charge in [0.2, 0.25) is 0 Å². The minimum Gasteiger partial charge on any atom is -0.480 e. The molecule has 126 valence electrons. The van der Waals surface area contributed by atoms with Crippen LogP contribution in [0.15, 0.2) is 18.2 Å². The highest BCUT2D eigenvalue weighted by Crippen LogP contribution is 2.23. The van der Waals surface area contributed by atoms with Gasteiger partial charge < -0.3 is 10.4 Å². The summed E-state index contributed by atoms with van der Waals surface area (Å²) in [7, 11) is 0. The van der Waals surface area contributed by atoms with Crippen molar-refractivity contribution in [3.63, 3.8) is 0 Å². The van der Waals surface area contributed by atoms with Crippen molar-refractivity contribution in [1.29, 1.82) is 0 Å². The van der Waals surface area contributed by atoms with Gasteiger partial charge in [0.1, 0.15) is 6.04 Å². The molecule has 0 spiro atoms. The first kappa shape index (κ1) is 17.5. The number of hydrogen-bond donors (Lipinski definition) is 3. The van der Waals surface area contributed by atoms with Crippen molar-refractivity contribution in [2.75, 3.05) is 11.9 Å². The van der Waals surface area contributed by atoms with Gasteiger partial charge in [0.05, 0.1) is 6.04 Å². The van der Waals surface area contributed by atoms with Gasteiger partial charge in [-0.05, 0) is 55.9 Å². The molecule has 2 unspecified atom stereocenters. The van der Waals surface area contributed by atoms with Crippen LogP contribution in [-0.4, -0.2) is 35.5 Å². The number of rotatable bonds is 7. The van der Waals surface area contributed by atoms with E-state index in [1.54, 1.807) is 6.92 Å². The number of hydrogen-bond acceptors (Lipinski definition) is 4.